The Labute approximate surface area is 75.0 Å². The normalized spacial score (nSPS) is 9.00. The Balaban J connectivity index is 0.000000810. The van der Waals surface area contributed by atoms with E-state index in [1.54, 1.807) is 0 Å². The third kappa shape index (κ3) is 1.95. The Morgan fingerprint density at radius 3 is 2.40 bits per heavy atom. The van der Waals surface area contributed by atoms with Gasteiger partial charge in [-0.3, -0.25) is 0 Å². The largest absolute Gasteiger partial charge is 0.365 e. The van der Waals surface area contributed by atoms with Crippen LogP contribution in [0.25, 0.3) is 0 Å². The van der Waals surface area contributed by atoms with Crippen LogP contribution in [-0.2, 0) is 32.3 Å². The van der Waals surface area contributed by atoms with Gasteiger partial charge < -0.3 is 4.98 Å². The number of hydrogen-bond acceptors (Lipinski definition) is 0. The molecular formula is C8H13NRu. The number of hydrogen-bond donors (Lipinski definition) is 1. The van der Waals surface area contributed by atoms with Gasteiger partial charge in [0.05, 0.1) is 0 Å². The van der Waals surface area contributed by atoms with Crippen LogP contribution in [0, 0.1) is 0 Å². The standard InChI is InChI=1S/C8H13N.Ru/c1-3-7-5-6-9-8(7)4-2;/h5-6,9H,3-4H2,1-2H3;. The van der Waals surface area contributed by atoms with Crippen molar-refractivity contribution in [1.29, 1.82) is 0 Å². The van der Waals surface area contributed by atoms with Crippen LogP contribution in [0.15, 0.2) is 12.3 Å². The van der Waals surface area contributed by atoms with Crippen LogP contribution in [0.2, 0.25) is 0 Å². The van der Waals surface area contributed by atoms with Crippen molar-refractivity contribution in [2.24, 2.45) is 0 Å². The molecule has 1 aromatic heterocycles. The minimum atomic E-state index is 0. The zero-order chi connectivity index (χ0) is 6.69. The molecule has 0 aromatic carbocycles. The van der Waals surface area contributed by atoms with Crippen LogP contribution >= 0.6 is 0 Å². The molecule has 58 valence electrons. The van der Waals surface area contributed by atoms with Gasteiger partial charge >= 0.3 is 0 Å². The topological polar surface area (TPSA) is 15.8 Å². The maximum absolute atomic E-state index is 3.21. The van der Waals surface area contributed by atoms with Crippen LogP contribution in [0.1, 0.15) is 25.1 Å². The van der Waals surface area contributed by atoms with Gasteiger partial charge in [0.1, 0.15) is 0 Å². The number of aromatic nitrogens is 1. The summed E-state index contributed by atoms with van der Waals surface area (Å²) in [5.74, 6) is 0. The van der Waals surface area contributed by atoms with E-state index in [2.05, 4.69) is 24.9 Å². The van der Waals surface area contributed by atoms with Crippen molar-refractivity contribution in [2.45, 2.75) is 26.7 Å². The van der Waals surface area contributed by atoms with Gasteiger partial charge in [-0.2, -0.15) is 0 Å². The van der Waals surface area contributed by atoms with E-state index in [1.807, 2.05) is 6.20 Å². The van der Waals surface area contributed by atoms with Crippen molar-refractivity contribution in [2.75, 3.05) is 0 Å². The van der Waals surface area contributed by atoms with E-state index in [1.165, 1.54) is 11.3 Å². The van der Waals surface area contributed by atoms with Gasteiger partial charge in [0.2, 0.25) is 0 Å². The molecule has 1 heterocycles. The second-order valence-corrected chi connectivity index (χ2v) is 2.19. The second-order valence-electron chi connectivity index (χ2n) is 2.19. The fourth-order valence-corrected chi connectivity index (χ4v) is 1.10. The van der Waals surface area contributed by atoms with Gasteiger partial charge in [0.25, 0.3) is 0 Å². The van der Waals surface area contributed by atoms with E-state index in [-0.39, 0.29) is 19.5 Å². The predicted octanol–water partition coefficient (Wildman–Crippen LogP) is 2.14. The number of aryl methyl sites for hydroxylation is 2. The molecule has 0 atom stereocenters. The van der Waals surface area contributed by atoms with Gasteiger partial charge in [0.15, 0.2) is 0 Å². The first-order chi connectivity index (χ1) is 4.38. The first-order valence-corrected chi connectivity index (χ1v) is 3.53. The van der Waals surface area contributed by atoms with Crippen LogP contribution < -0.4 is 0 Å². The van der Waals surface area contributed by atoms with Gasteiger partial charge in [-0.15, -0.1) is 0 Å². The van der Waals surface area contributed by atoms with Crippen molar-refractivity contribution >= 4 is 0 Å². The minimum absolute atomic E-state index is 0. The molecule has 0 saturated heterocycles. The van der Waals surface area contributed by atoms with Crippen molar-refractivity contribution < 1.29 is 19.5 Å². The monoisotopic (exact) mass is 225 g/mol. The average molecular weight is 224 g/mol. The molecule has 1 N–H and O–H groups in total. The maximum Gasteiger partial charge on any atom is 0.0176 e. The summed E-state index contributed by atoms with van der Waals surface area (Å²) < 4.78 is 0. The molecule has 0 bridgehead atoms. The molecule has 2 heteroatoms. The van der Waals surface area contributed by atoms with E-state index < -0.39 is 0 Å². The number of nitrogens with one attached hydrogen (secondary N) is 1. The van der Waals surface area contributed by atoms with Gasteiger partial charge in [-0.25, -0.2) is 0 Å². The molecule has 0 saturated carbocycles. The smallest absolute Gasteiger partial charge is 0.0176 e. The summed E-state index contributed by atoms with van der Waals surface area (Å²) in [5.41, 5.74) is 2.84. The summed E-state index contributed by atoms with van der Waals surface area (Å²) in [6.45, 7) is 4.35. The molecule has 0 spiro atoms. The summed E-state index contributed by atoms with van der Waals surface area (Å²) in [4.78, 5) is 3.21. The zero-order valence-corrected chi connectivity index (χ0v) is 8.16. The first-order valence-electron chi connectivity index (χ1n) is 3.53. The van der Waals surface area contributed by atoms with Gasteiger partial charge in [-0.1, -0.05) is 13.8 Å². The number of aromatic amines is 1. The first kappa shape index (κ1) is 9.90. The third-order valence-electron chi connectivity index (χ3n) is 1.66. The summed E-state index contributed by atoms with van der Waals surface area (Å²) in [5, 5.41) is 0. The zero-order valence-electron chi connectivity index (χ0n) is 6.42. The van der Waals surface area contributed by atoms with Crippen LogP contribution in [-0.4, -0.2) is 4.98 Å². The molecule has 1 nitrogen and oxygen atoms in total. The Hall–Kier alpha value is -0.0966. The molecule has 10 heavy (non-hydrogen) atoms. The minimum Gasteiger partial charge on any atom is -0.365 e. The Morgan fingerprint density at radius 1 is 1.30 bits per heavy atom. The van der Waals surface area contributed by atoms with Gasteiger partial charge in [-0.05, 0) is 24.5 Å². The van der Waals surface area contributed by atoms with Crippen molar-refractivity contribution in [1.82, 2.24) is 4.98 Å². The summed E-state index contributed by atoms with van der Waals surface area (Å²) in [6, 6.07) is 2.15. The summed E-state index contributed by atoms with van der Waals surface area (Å²) in [7, 11) is 0. The van der Waals surface area contributed by atoms with Crippen LogP contribution in [0.3, 0.4) is 0 Å². The van der Waals surface area contributed by atoms with E-state index in [9.17, 15) is 0 Å². The Bertz CT molecular complexity index is 163. The van der Waals surface area contributed by atoms with Crippen molar-refractivity contribution in [3.05, 3.63) is 23.5 Å². The van der Waals surface area contributed by atoms with E-state index in [0.717, 1.165) is 12.8 Å². The Kier molecular flexibility index (Phi) is 4.63. The Morgan fingerprint density at radius 2 is 2.00 bits per heavy atom. The molecule has 0 radical (unpaired) electrons. The SMILES string of the molecule is CCc1cc[nH]c1CC.[Ru]. The molecule has 0 aliphatic heterocycles. The molecule has 0 aliphatic rings. The van der Waals surface area contributed by atoms with E-state index in [4.69, 9.17) is 0 Å². The number of H-pyrrole nitrogens is 1. The predicted molar refractivity (Wildman–Crippen MR) is 39.5 cm³/mol. The molecule has 1 aromatic rings. The van der Waals surface area contributed by atoms with Crippen LogP contribution in [0.5, 0.6) is 0 Å². The van der Waals surface area contributed by atoms with E-state index >= 15 is 0 Å². The fraction of sp³-hybridized carbons (Fsp3) is 0.500. The number of rotatable bonds is 2. The maximum atomic E-state index is 3.21. The molecule has 0 unspecified atom stereocenters. The third-order valence-corrected chi connectivity index (χ3v) is 1.66. The average Bonchev–Trinajstić information content (AvgIpc) is 2.33. The molecule has 1 rings (SSSR count). The van der Waals surface area contributed by atoms with Crippen LogP contribution in [0.4, 0.5) is 0 Å². The molecule has 0 aliphatic carbocycles. The second kappa shape index (κ2) is 4.68. The molecule has 0 fully saturated rings. The van der Waals surface area contributed by atoms with E-state index in [0.29, 0.717) is 0 Å². The summed E-state index contributed by atoms with van der Waals surface area (Å²) >= 11 is 0. The quantitative estimate of drug-likeness (QED) is 0.741. The van der Waals surface area contributed by atoms with Gasteiger partial charge in [0, 0.05) is 31.4 Å². The summed E-state index contributed by atoms with van der Waals surface area (Å²) in [6.07, 6.45) is 4.28. The fourth-order valence-electron chi connectivity index (χ4n) is 1.10. The van der Waals surface area contributed by atoms with Crippen molar-refractivity contribution in [3.8, 4) is 0 Å². The molecule has 0 amide bonds. The molecular weight excluding hydrogens is 211 g/mol. The van der Waals surface area contributed by atoms with Crippen molar-refractivity contribution in [3.63, 3.8) is 0 Å².